The Morgan fingerprint density at radius 3 is 3.19 bits per heavy atom. The first-order chi connectivity index (χ1) is 7.79. The maximum Gasteiger partial charge on any atom is 0.0521 e. The monoisotopic (exact) mass is 223 g/mol. The third-order valence-electron chi connectivity index (χ3n) is 3.41. The van der Waals surface area contributed by atoms with Crippen LogP contribution in [0.3, 0.4) is 0 Å². The van der Waals surface area contributed by atoms with Crippen molar-refractivity contribution in [2.24, 2.45) is 13.0 Å². The van der Waals surface area contributed by atoms with E-state index in [1.165, 1.54) is 12.0 Å². The SMILES string of the molecule is CNC1CCOCC1CCc1cnn(C)c1. The third-order valence-corrected chi connectivity index (χ3v) is 3.41. The lowest BCUT2D eigenvalue weighted by atomic mass is 9.90. The van der Waals surface area contributed by atoms with Gasteiger partial charge in [-0.2, -0.15) is 5.10 Å². The van der Waals surface area contributed by atoms with Crippen LogP contribution < -0.4 is 5.32 Å². The van der Waals surface area contributed by atoms with E-state index in [2.05, 4.69) is 16.6 Å². The van der Waals surface area contributed by atoms with Crippen molar-refractivity contribution in [1.29, 1.82) is 0 Å². The fourth-order valence-corrected chi connectivity index (χ4v) is 2.41. The summed E-state index contributed by atoms with van der Waals surface area (Å²) < 4.78 is 7.41. The van der Waals surface area contributed by atoms with E-state index < -0.39 is 0 Å². The van der Waals surface area contributed by atoms with Gasteiger partial charge in [-0.3, -0.25) is 4.68 Å². The van der Waals surface area contributed by atoms with Gasteiger partial charge in [0.2, 0.25) is 0 Å². The number of aryl methyl sites for hydroxylation is 2. The Labute approximate surface area is 97.0 Å². The van der Waals surface area contributed by atoms with Crippen molar-refractivity contribution in [2.75, 3.05) is 20.3 Å². The molecule has 0 bridgehead atoms. The highest BCUT2D eigenvalue weighted by Crippen LogP contribution is 2.20. The number of nitrogens with zero attached hydrogens (tertiary/aromatic N) is 2. The van der Waals surface area contributed by atoms with Crippen molar-refractivity contribution in [2.45, 2.75) is 25.3 Å². The van der Waals surface area contributed by atoms with Crippen molar-refractivity contribution in [3.63, 3.8) is 0 Å². The van der Waals surface area contributed by atoms with E-state index >= 15 is 0 Å². The van der Waals surface area contributed by atoms with E-state index in [1.54, 1.807) is 0 Å². The van der Waals surface area contributed by atoms with E-state index in [-0.39, 0.29) is 0 Å². The molecular weight excluding hydrogens is 202 g/mol. The summed E-state index contributed by atoms with van der Waals surface area (Å²) in [4.78, 5) is 0. The second-order valence-electron chi connectivity index (χ2n) is 4.58. The zero-order valence-electron chi connectivity index (χ0n) is 10.1. The zero-order chi connectivity index (χ0) is 11.4. The van der Waals surface area contributed by atoms with Crippen LogP contribution in [0.25, 0.3) is 0 Å². The highest BCUT2D eigenvalue weighted by atomic mass is 16.5. The lowest BCUT2D eigenvalue weighted by Crippen LogP contribution is -2.41. The van der Waals surface area contributed by atoms with Gasteiger partial charge in [0.25, 0.3) is 0 Å². The van der Waals surface area contributed by atoms with Gasteiger partial charge in [-0.25, -0.2) is 0 Å². The Balaban J connectivity index is 1.84. The Morgan fingerprint density at radius 1 is 1.62 bits per heavy atom. The molecule has 1 aliphatic rings. The molecule has 16 heavy (non-hydrogen) atoms. The fourth-order valence-electron chi connectivity index (χ4n) is 2.41. The molecule has 1 aromatic heterocycles. The smallest absolute Gasteiger partial charge is 0.0521 e. The summed E-state index contributed by atoms with van der Waals surface area (Å²) in [5, 5.41) is 7.58. The van der Waals surface area contributed by atoms with Gasteiger partial charge in [0.1, 0.15) is 0 Å². The first-order valence-corrected chi connectivity index (χ1v) is 6.02. The van der Waals surface area contributed by atoms with Crippen LogP contribution in [-0.2, 0) is 18.2 Å². The highest BCUT2D eigenvalue weighted by Gasteiger charge is 2.23. The molecule has 1 saturated heterocycles. The quantitative estimate of drug-likeness (QED) is 0.827. The van der Waals surface area contributed by atoms with Gasteiger partial charge >= 0.3 is 0 Å². The van der Waals surface area contributed by atoms with Crippen molar-refractivity contribution >= 4 is 0 Å². The predicted octanol–water partition coefficient (Wildman–Crippen LogP) is 0.977. The van der Waals surface area contributed by atoms with Crippen LogP contribution in [0.15, 0.2) is 12.4 Å². The second kappa shape index (κ2) is 5.46. The van der Waals surface area contributed by atoms with Gasteiger partial charge in [-0.15, -0.1) is 0 Å². The number of aromatic nitrogens is 2. The summed E-state index contributed by atoms with van der Waals surface area (Å²) in [6, 6.07) is 0.616. The van der Waals surface area contributed by atoms with Crippen LogP contribution in [0.1, 0.15) is 18.4 Å². The molecule has 4 heteroatoms. The zero-order valence-corrected chi connectivity index (χ0v) is 10.1. The van der Waals surface area contributed by atoms with E-state index in [1.807, 2.05) is 25.0 Å². The van der Waals surface area contributed by atoms with Crippen LogP contribution in [0, 0.1) is 5.92 Å². The standard InChI is InChI=1S/C12H21N3O/c1-13-12-5-6-16-9-11(12)4-3-10-7-14-15(2)8-10/h7-8,11-13H,3-6,9H2,1-2H3. The molecule has 4 nitrogen and oxygen atoms in total. The molecule has 1 N–H and O–H groups in total. The average molecular weight is 223 g/mol. The normalized spacial score (nSPS) is 25.9. The number of ether oxygens (including phenoxy) is 1. The van der Waals surface area contributed by atoms with E-state index in [0.29, 0.717) is 12.0 Å². The molecule has 0 aromatic carbocycles. The van der Waals surface area contributed by atoms with Crippen molar-refractivity contribution in [3.8, 4) is 0 Å². The number of nitrogens with one attached hydrogen (secondary N) is 1. The summed E-state index contributed by atoms with van der Waals surface area (Å²) in [7, 11) is 4.01. The summed E-state index contributed by atoms with van der Waals surface area (Å²) >= 11 is 0. The van der Waals surface area contributed by atoms with Crippen LogP contribution in [0.2, 0.25) is 0 Å². The van der Waals surface area contributed by atoms with E-state index in [0.717, 1.165) is 26.1 Å². The highest BCUT2D eigenvalue weighted by molar-refractivity contribution is 5.04. The van der Waals surface area contributed by atoms with Crippen LogP contribution in [0.4, 0.5) is 0 Å². The van der Waals surface area contributed by atoms with Gasteiger partial charge in [0.15, 0.2) is 0 Å². The predicted molar refractivity (Wildman–Crippen MR) is 63.3 cm³/mol. The molecule has 0 radical (unpaired) electrons. The van der Waals surface area contributed by atoms with E-state index in [4.69, 9.17) is 4.74 Å². The number of hydrogen-bond donors (Lipinski definition) is 1. The van der Waals surface area contributed by atoms with Gasteiger partial charge in [0.05, 0.1) is 12.8 Å². The van der Waals surface area contributed by atoms with Gasteiger partial charge < -0.3 is 10.1 Å². The lowest BCUT2D eigenvalue weighted by Gasteiger charge is -2.31. The van der Waals surface area contributed by atoms with Crippen molar-refractivity contribution in [3.05, 3.63) is 18.0 Å². The van der Waals surface area contributed by atoms with Gasteiger partial charge in [-0.1, -0.05) is 0 Å². The average Bonchev–Trinajstić information content (AvgIpc) is 2.73. The Hall–Kier alpha value is -0.870. The fraction of sp³-hybridized carbons (Fsp3) is 0.750. The molecule has 0 saturated carbocycles. The molecule has 2 rings (SSSR count). The maximum absolute atomic E-state index is 5.55. The van der Waals surface area contributed by atoms with Crippen LogP contribution in [0.5, 0.6) is 0 Å². The molecule has 90 valence electrons. The molecular formula is C12H21N3O. The van der Waals surface area contributed by atoms with Gasteiger partial charge in [-0.05, 0) is 37.8 Å². The Bertz CT molecular complexity index is 324. The molecule has 0 spiro atoms. The molecule has 1 fully saturated rings. The minimum absolute atomic E-state index is 0.616. The molecule has 0 amide bonds. The molecule has 2 unspecified atom stereocenters. The molecule has 2 heterocycles. The summed E-state index contributed by atoms with van der Waals surface area (Å²) in [5.41, 5.74) is 1.32. The van der Waals surface area contributed by atoms with Crippen LogP contribution in [-0.4, -0.2) is 36.1 Å². The third kappa shape index (κ3) is 2.83. The molecule has 1 aromatic rings. The maximum atomic E-state index is 5.55. The molecule has 0 aliphatic carbocycles. The lowest BCUT2D eigenvalue weighted by molar-refractivity contribution is 0.0309. The molecule has 1 aliphatic heterocycles. The minimum atomic E-state index is 0.616. The van der Waals surface area contributed by atoms with Crippen LogP contribution >= 0.6 is 0 Å². The Morgan fingerprint density at radius 2 is 2.50 bits per heavy atom. The van der Waals surface area contributed by atoms with Crippen molar-refractivity contribution < 1.29 is 4.74 Å². The summed E-state index contributed by atoms with van der Waals surface area (Å²) in [5.74, 6) is 0.638. The Kier molecular flexibility index (Phi) is 3.96. The topological polar surface area (TPSA) is 39.1 Å². The first kappa shape index (κ1) is 11.6. The van der Waals surface area contributed by atoms with Crippen molar-refractivity contribution in [1.82, 2.24) is 15.1 Å². The second-order valence-corrected chi connectivity index (χ2v) is 4.58. The molecule has 2 atom stereocenters. The number of rotatable bonds is 4. The van der Waals surface area contributed by atoms with E-state index in [9.17, 15) is 0 Å². The minimum Gasteiger partial charge on any atom is -0.381 e. The largest absolute Gasteiger partial charge is 0.381 e. The van der Waals surface area contributed by atoms with Gasteiger partial charge in [0, 0.05) is 25.9 Å². The summed E-state index contributed by atoms with van der Waals surface area (Å²) in [6.07, 6.45) is 7.46. The number of hydrogen-bond acceptors (Lipinski definition) is 3. The summed E-state index contributed by atoms with van der Waals surface area (Å²) in [6.45, 7) is 1.79. The first-order valence-electron chi connectivity index (χ1n) is 6.02.